The van der Waals surface area contributed by atoms with Gasteiger partial charge in [-0.25, -0.2) is 0 Å². The highest BCUT2D eigenvalue weighted by atomic mass is 35.5. The molecule has 2 aromatic carbocycles. The maximum Gasteiger partial charge on any atom is 0.176 e. The molecule has 0 fully saturated rings. The van der Waals surface area contributed by atoms with Gasteiger partial charge >= 0.3 is 0 Å². The summed E-state index contributed by atoms with van der Waals surface area (Å²) in [6.07, 6.45) is 0. The molecule has 2 N–H and O–H groups in total. The van der Waals surface area contributed by atoms with Crippen LogP contribution in [0.25, 0.3) is 0 Å². The lowest BCUT2D eigenvalue weighted by molar-refractivity contribution is 0.668. The molecule has 0 saturated carbocycles. The number of hydrogen-bond acceptors (Lipinski definition) is 2. The van der Waals surface area contributed by atoms with Crippen molar-refractivity contribution in [3.8, 4) is 0 Å². The number of rotatable bonds is 4. The Morgan fingerprint density at radius 1 is 1.08 bits per heavy atom. The minimum atomic E-state index is 0.515. The molecule has 3 aromatic rings. The van der Waals surface area contributed by atoms with Gasteiger partial charge in [-0.2, -0.15) is 5.10 Å². The van der Waals surface area contributed by atoms with Crippen molar-refractivity contribution >= 4 is 40.4 Å². The van der Waals surface area contributed by atoms with Crippen LogP contribution in [0.3, 0.4) is 0 Å². The smallest absolute Gasteiger partial charge is 0.176 e. The Hall–Kier alpha value is -2.37. The summed E-state index contributed by atoms with van der Waals surface area (Å²) in [5.41, 5.74) is 5.45. The van der Waals surface area contributed by atoms with Crippen molar-refractivity contribution < 1.29 is 0 Å². The molecule has 0 atom stereocenters. The summed E-state index contributed by atoms with van der Waals surface area (Å²) in [6, 6.07) is 15.9. The van der Waals surface area contributed by atoms with E-state index in [1.807, 2.05) is 54.1 Å². The zero-order valence-electron chi connectivity index (χ0n) is 15.0. The minimum Gasteiger partial charge on any atom is -0.332 e. The lowest BCUT2D eigenvalue weighted by Crippen LogP contribution is -2.20. The van der Waals surface area contributed by atoms with Crippen LogP contribution in [-0.4, -0.2) is 14.9 Å². The normalized spacial score (nSPS) is 10.6. The van der Waals surface area contributed by atoms with Crippen molar-refractivity contribution in [3.63, 3.8) is 0 Å². The van der Waals surface area contributed by atoms with Crippen molar-refractivity contribution in [3.05, 3.63) is 75.9 Å². The van der Waals surface area contributed by atoms with Gasteiger partial charge in [-0.1, -0.05) is 41.9 Å². The predicted molar refractivity (Wildman–Crippen MR) is 113 cm³/mol. The third kappa shape index (κ3) is 4.23. The van der Waals surface area contributed by atoms with Gasteiger partial charge in [0.05, 0.1) is 6.54 Å². The van der Waals surface area contributed by atoms with Crippen LogP contribution in [0.5, 0.6) is 0 Å². The minimum absolute atomic E-state index is 0.515. The zero-order chi connectivity index (χ0) is 18.7. The van der Waals surface area contributed by atoms with Gasteiger partial charge in [0.15, 0.2) is 10.9 Å². The van der Waals surface area contributed by atoms with E-state index in [1.165, 1.54) is 11.1 Å². The van der Waals surface area contributed by atoms with Gasteiger partial charge in [0.1, 0.15) is 0 Å². The van der Waals surface area contributed by atoms with Crippen LogP contribution in [0.1, 0.15) is 22.4 Å². The molecule has 1 aromatic heterocycles. The van der Waals surface area contributed by atoms with E-state index in [1.54, 1.807) is 0 Å². The van der Waals surface area contributed by atoms with Gasteiger partial charge in [0.2, 0.25) is 0 Å². The summed E-state index contributed by atoms with van der Waals surface area (Å²) in [7, 11) is 0. The number of hydrogen-bond donors (Lipinski definition) is 2. The molecule has 0 spiro atoms. The van der Waals surface area contributed by atoms with Gasteiger partial charge in [-0.15, -0.1) is 0 Å². The van der Waals surface area contributed by atoms with Crippen molar-refractivity contribution in [1.82, 2.24) is 9.78 Å². The monoisotopic (exact) mass is 384 g/mol. The molecule has 26 heavy (non-hydrogen) atoms. The quantitative estimate of drug-likeness (QED) is 0.597. The number of nitrogens with zero attached hydrogens (tertiary/aromatic N) is 2. The first kappa shape index (κ1) is 18.4. The number of aromatic nitrogens is 2. The van der Waals surface area contributed by atoms with Crippen LogP contribution < -0.4 is 10.6 Å². The molecule has 0 radical (unpaired) electrons. The highest BCUT2D eigenvalue weighted by Gasteiger charge is 2.09. The molecule has 1 heterocycles. The Kier molecular flexibility index (Phi) is 5.59. The van der Waals surface area contributed by atoms with E-state index < -0.39 is 0 Å². The second-order valence-corrected chi connectivity index (χ2v) is 7.06. The van der Waals surface area contributed by atoms with E-state index in [4.69, 9.17) is 23.8 Å². The standard InChI is InChI=1S/C20H21ClN4S/c1-13-7-6-10-18(15(13)3)22-20(26)23-19-11-14(2)25(24-19)12-16-8-4-5-9-17(16)21/h4-11H,12H2,1-3H3,(H2,22,23,24,26). The van der Waals surface area contributed by atoms with Gasteiger partial charge in [-0.05, 0) is 61.8 Å². The van der Waals surface area contributed by atoms with Crippen LogP contribution >= 0.6 is 23.8 Å². The molecule has 0 aliphatic carbocycles. The third-order valence-corrected chi connectivity index (χ3v) is 4.93. The molecule has 3 rings (SSSR count). The second kappa shape index (κ2) is 7.89. The number of aryl methyl sites for hydroxylation is 2. The van der Waals surface area contributed by atoms with Crippen molar-refractivity contribution in [2.75, 3.05) is 10.6 Å². The van der Waals surface area contributed by atoms with E-state index in [2.05, 4.69) is 35.6 Å². The number of benzene rings is 2. The molecule has 0 bridgehead atoms. The van der Waals surface area contributed by atoms with Crippen LogP contribution in [0, 0.1) is 20.8 Å². The van der Waals surface area contributed by atoms with Crippen LogP contribution in [0.2, 0.25) is 5.02 Å². The topological polar surface area (TPSA) is 41.9 Å². The first-order chi connectivity index (χ1) is 12.4. The van der Waals surface area contributed by atoms with E-state index in [0.29, 0.717) is 17.5 Å². The lowest BCUT2D eigenvalue weighted by Gasteiger charge is -2.12. The predicted octanol–water partition coefficient (Wildman–Crippen LogP) is 5.32. The lowest BCUT2D eigenvalue weighted by atomic mass is 10.1. The molecular weight excluding hydrogens is 364 g/mol. The van der Waals surface area contributed by atoms with Crippen LogP contribution in [-0.2, 0) is 6.54 Å². The Morgan fingerprint density at radius 3 is 2.62 bits per heavy atom. The maximum atomic E-state index is 6.25. The summed E-state index contributed by atoms with van der Waals surface area (Å²) >= 11 is 11.7. The maximum absolute atomic E-state index is 6.25. The van der Waals surface area contributed by atoms with E-state index in [9.17, 15) is 0 Å². The van der Waals surface area contributed by atoms with Crippen molar-refractivity contribution in [2.45, 2.75) is 27.3 Å². The first-order valence-corrected chi connectivity index (χ1v) is 9.15. The Balaban J connectivity index is 1.70. The molecule has 4 nitrogen and oxygen atoms in total. The molecule has 134 valence electrons. The molecule has 0 unspecified atom stereocenters. The molecule has 0 saturated heterocycles. The van der Waals surface area contributed by atoms with E-state index in [-0.39, 0.29) is 0 Å². The van der Waals surface area contributed by atoms with Gasteiger partial charge in [0.25, 0.3) is 0 Å². The summed E-state index contributed by atoms with van der Waals surface area (Å²) in [6.45, 7) is 6.78. The summed E-state index contributed by atoms with van der Waals surface area (Å²) in [5.74, 6) is 0.706. The number of halogens is 1. The van der Waals surface area contributed by atoms with Crippen molar-refractivity contribution in [1.29, 1.82) is 0 Å². The molecule has 6 heteroatoms. The number of anilines is 2. The SMILES string of the molecule is Cc1cccc(NC(=S)Nc2cc(C)n(Cc3ccccc3Cl)n2)c1C. The average molecular weight is 385 g/mol. The summed E-state index contributed by atoms with van der Waals surface area (Å²) in [4.78, 5) is 0. The largest absolute Gasteiger partial charge is 0.332 e. The fraction of sp³-hybridized carbons (Fsp3) is 0.200. The second-order valence-electron chi connectivity index (χ2n) is 6.25. The molecular formula is C20H21ClN4S. The van der Waals surface area contributed by atoms with Crippen LogP contribution in [0.4, 0.5) is 11.5 Å². The average Bonchev–Trinajstić information content (AvgIpc) is 2.93. The zero-order valence-corrected chi connectivity index (χ0v) is 16.6. The van der Waals surface area contributed by atoms with Crippen LogP contribution in [0.15, 0.2) is 48.5 Å². The number of nitrogens with one attached hydrogen (secondary N) is 2. The Bertz CT molecular complexity index is 949. The van der Waals surface area contributed by atoms with E-state index >= 15 is 0 Å². The van der Waals surface area contributed by atoms with E-state index in [0.717, 1.165) is 22.0 Å². The van der Waals surface area contributed by atoms with Gasteiger partial charge < -0.3 is 10.6 Å². The Morgan fingerprint density at radius 2 is 1.85 bits per heavy atom. The summed E-state index contributed by atoms with van der Waals surface area (Å²) in [5, 5.41) is 12.2. The van der Waals surface area contributed by atoms with Gasteiger partial charge in [-0.3, -0.25) is 4.68 Å². The molecule has 0 aliphatic heterocycles. The highest BCUT2D eigenvalue weighted by molar-refractivity contribution is 7.80. The molecule has 0 amide bonds. The van der Waals surface area contributed by atoms with Gasteiger partial charge in [0, 0.05) is 22.5 Å². The fourth-order valence-corrected chi connectivity index (χ4v) is 3.09. The first-order valence-electron chi connectivity index (χ1n) is 8.36. The third-order valence-electron chi connectivity index (χ3n) is 4.35. The fourth-order valence-electron chi connectivity index (χ4n) is 2.68. The summed E-state index contributed by atoms with van der Waals surface area (Å²) < 4.78 is 1.91. The Labute approximate surface area is 164 Å². The van der Waals surface area contributed by atoms with Crippen molar-refractivity contribution in [2.24, 2.45) is 0 Å². The number of thiocarbonyl (C=S) groups is 1. The highest BCUT2D eigenvalue weighted by Crippen LogP contribution is 2.20. The molecule has 0 aliphatic rings.